The molecule has 2 aromatic rings. The molecule has 0 saturated heterocycles. The average Bonchev–Trinajstić information content (AvgIpc) is 3.01. The van der Waals surface area contributed by atoms with Gasteiger partial charge in [0.15, 0.2) is 11.7 Å². The van der Waals surface area contributed by atoms with E-state index in [0.717, 1.165) is 5.56 Å². The molecule has 0 aliphatic carbocycles. The fourth-order valence-corrected chi connectivity index (χ4v) is 1.95. The summed E-state index contributed by atoms with van der Waals surface area (Å²) < 4.78 is 10.4. The second kappa shape index (κ2) is 8.31. The quantitative estimate of drug-likeness (QED) is 0.770. The molecule has 1 amide bonds. The third-order valence-electron chi connectivity index (χ3n) is 3.07. The minimum absolute atomic E-state index is 0.158. The zero-order valence-electron chi connectivity index (χ0n) is 12.5. The van der Waals surface area contributed by atoms with Gasteiger partial charge in [0.05, 0.1) is 18.9 Å². The number of amides is 1. The number of aliphatic hydroxyl groups is 1. The Morgan fingerprint density at radius 2 is 2.18 bits per heavy atom. The molecule has 0 spiro atoms. The summed E-state index contributed by atoms with van der Waals surface area (Å²) in [7, 11) is 1.50. The van der Waals surface area contributed by atoms with Crippen molar-refractivity contribution in [1.82, 2.24) is 10.3 Å². The number of aromatic nitrogens is 1. The largest absolute Gasteiger partial charge is 0.441 e. The minimum Gasteiger partial charge on any atom is -0.441 e. The van der Waals surface area contributed by atoms with Crippen LogP contribution in [-0.2, 0) is 16.0 Å². The molecule has 0 radical (unpaired) electrons. The van der Waals surface area contributed by atoms with Crippen LogP contribution in [0.5, 0.6) is 0 Å². The monoisotopic (exact) mass is 304 g/mol. The molecule has 2 N–H and O–H groups in total. The summed E-state index contributed by atoms with van der Waals surface area (Å²) in [5, 5.41) is 12.1. The van der Waals surface area contributed by atoms with Crippen LogP contribution in [0, 0.1) is 0 Å². The van der Waals surface area contributed by atoms with E-state index < -0.39 is 6.10 Å². The van der Waals surface area contributed by atoms with E-state index in [0.29, 0.717) is 18.1 Å². The Balaban J connectivity index is 1.78. The van der Waals surface area contributed by atoms with Gasteiger partial charge < -0.3 is 19.6 Å². The van der Waals surface area contributed by atoms with Crippen LogP contribution in [0.15, 0.2) is 40.9 Å². The van der Waals surface area contributed by atoms with Gasteiger partial charge in [0.25, 0.3) is 0 Å². The van der Waals surface area contributed by atoms with Gasteiger partial charge in [0, 0.05) is 32.1 Å². The van der Waals surface area contributed by atoms with E-state index in [9.17, 15) is 9.90 Å². The number of nitrogens with one attached hydrogen (secondary N) is 1. The fourth-order valence-electron chi connectivity index (χ4n) is 1.95. The van der Waals surface area contributed by atoms with Crippen LogP contribution >= 0.6 is 0 Å². The van der Waals surface area contributed by atoms with Gasteiger partial charge in [-0.1, -0.05) is 30.3 Å². The standard InChI is InChI=1S/C16H20N2O4/c1-21-11-13(19)9-17-15(20)7-8-16-18-10-14(22-16)12-5-3-2-4-6-12/h2-6,10,13,19H,7-9,11H2,1H3,(H,17,20). The lowest BCUT2D eigenvalue weighted by Crippen LogP contribution is -2.34. The van der Waals surface area contributed by atoms with Gasteiger partial charge in [-0.05, 0) is 0 Å². The van der Waals surface area contributed by atoms with Crippen LogP contribution in [0.25, 0.3) is 11.3 Å². The van der Waals surface area contributed by atoms with Crippen LogP contribution in [0.2, 0.25) is 0 Å². The Bertz CT molecular complexity index is 583. The van der Waals surface area contributed by atoms with E-state index in [1.165, 1.54) is 7.11 Å². The number of hydrogen-bond acceptors (Lipinski definition) is 5. The summed E-state index contributed by atoms with van der Waals surface area (Å²) in [6, 6.07) is 9.66. The molecule has 1 atom stereocenters. The van der Waals surface area contributed by atoms with Gasteiger partial charge in [0.2, 0.25) is 5.91 Å². The zero-order valence-corrected chi connectivity index (χ0v) is 12.5. The second-order valence-electron chi connectivity index (χ2n) is 4.90. The molecule has 0 aliphatic rings. The number of rotatable bonds is 8. The lowest BCUT2D eigenvalue weighted by atomic mass is 10.2. The van der Waals surface area contributed by atoms with E-state index in [2.05, 4.69) is 10.3 Å². The molecule has 2 rings (SSSR count). The number of carbonyl (C=O) groups is 1. The summed E-state index contributed by atoms with van der Waals surface area (Å²) in [5.41, 5.74) is 0.952. The summed E-state index contributed by atoms with van der Waals surface area (Å²) in [5.74, 6) is 1.05. The predicted molar refractivity (Wildman–Crippen MR) is 81.2 cm³/mol. The highest BCUT2D eigenvalue weighted by Gasteiger charge is 2.10. The molecule has 1 unspecified atom stereocenters. The molecule has 0 fully saturated rings. The molecule has 118 valence electrons. The average molecular weight is 304 g/mol. The maximum absolute atomic E-state index is 11.7. The van der Waals surface area contributed by atoms with Crippen molar-refractivity contribution in [2.24, 2.45) is 0 Å². The summed E-state index contributed by atoms with van der Waals surface area (Å²) in [6.45, 7) is 0.369. The van der Waals surface area contributed by atoms with Crippen molar-refractivity contribution in [2.45, 2.75) is 18.9 Å². The van der Waals surface area contributed by atoms with E-state index in [1.807, 2.05) is 30.3 Å². The van der Waals surface area contributed by atoms with Crippen LogP contribution < -0.4 is 5.32 Å². The van der Waals surface area contributed by atoms with E-state index in [-0.39, 0.29) is 25.5 Å². The van der Waals surface area contributed by atoms with Gasteiger partial charge >= 0.3 is 0 Å². The van der Waals surface area contributed by atoms with Crippen molar-refractivity contribution in [3.05, 3.63) is 42.4 Å². The van der Waals surface area contributed by atoms with Crippen molar-refractivity contribution in [2.75, 3.05) is 20.3 Å². The highest BCUT2D eigenvalue weighted by atomic mass is 16.5. The first kappa shape index (κ1) is 16.2. The van der Waals surface area contributed by atoms with Crippen LogP contribution in [0.3, 0.4) is 0 Å². The van der Waals surface area contributed by atoms with E-state index >= 15 is 0 Å². The molecule has 22 heavy (non-hydrogen) atoms. The molecule has 0 aliphatic heterocycles. The van der Waals surface area contributed by atoms with Crippen molar-refractivity contribution in [1.29, 1.82) is 0 Å². The number of oxazole rings is 1. The molecule has 1 aromatic heterocycles. The number of nitrogens with zero attached hydrogens (tertiary/aromatic N) is 1. The Morgan fingerprint density at radius 1 is 1.41 bits per heavy atom. The normalized spacial score (nSPS) is 12.1. The molecule has 6 nitrogen and oxygen atoms in total. The number of aliphatic hydroxyl groups excluding tert-OH is 1. The number of aryl methyl sites for hydroxylation is 1. The van der Waals surface area contributed by atoms with Gasteiger partial charge in [-0.3, -0.25) is 4.79 Å². The Kier molecular flexibility index (Phi) is 6.12. The lowest BCUT2D eigenvalue weighted by Gasteiger charge is -2.10. The summed E-state index contributed by atoms with van der Waals surface area (Å²) in [6.07, 6.45) is 1.64. The number of ether oxygens (including phenoxy) is 1. The first-order valence-corrected chi connectivity index (χ1v) is 7.13. The maximum atomic E-state index is 11.7. The first-order valence-electron chi connectivity index (χ1n) is 7.13. The zero-order chi connectivity index (χ0) is 15.8. The summed E-state index contributed by atoms with van der Waals surface area (Å²) >= 11 is 0. The molecule has 6 heteroatoms. The minimum atomic E-state index is -0.694. The summed E-state index contributed by atoms with van der Waals surface area (Å²) in [4.78, 5) is 15.8. The molecular formula is C16H20N2O4. The van der Waals surface area contributed by atoms with Crippen LogP contribution in [-0.4, -0.2) is 42.4 Å². The fraction of sp³-hybridized carbons (Fsp3) is 0.375. The number of hydrogen-bond donors (Lipinski definition) is 2. The number of carbonyl (C=O) groups excluding carboxylic acids is 1. The topological polar surface area (TPSA) is 84.6 Å². The molecule has 1 heterocycles. The molecular weight excluding hydrogens is 284 g/mol. The third-order valence-corrected chi connectivity index (χ3v) is 3.07. The SMILES string of the molecule is COCC(O)CNC(=O)CCc1ncc(-c2ccccc2)o1. The third kappa shape index (κ3) is 4.98. The van der Waals surface area contributed by atoms with Crippen molar-refractivity contribution in [3.8, 4) is 11.3 Å². The second-order valence-corrected chi connectivity index (χ2v) is 4.90. The Morgan fingerprint density at radius 3 is 2.91 bits per heavy atom. The highest BCUT2D eigenvalue weighted by molar-refractivity contribution is 5.76. The smallest absolute Gasteiger partial charge is 0.220 e. The van der Waals surface area contributed by atoms with Crippen molar-refractivity contribution in [3.63, 3.8) is 0 Å². The Labute approximate surface area is 129 Å². The van der Waals surface area contributed by atoms with Gasteiger partial charge in [-0.15, -0.1) is 0 Å². The molecule has 0 bridgehead atoms. The molecule has 1 aromatic carbocycles. The Hall–Kier alpha value is -2.18. The predicted octanol–water partition coefficient (Wildman–Crippen LogP) is 1.40. The highest BCUT2D eigenvalue weighted by Crippen LogP contribution is 2.20. The van der Waals surface area contributed by atoms with Gasteiger partial charge in [0.1, 0.15) is 0 Å². The number of methoxy groups -OCH3 is 1. The van der Waals surface area contributed by atoms with Gasteiger partial charge in [-0.2, -0.15) is 0 Å². The van der Waals surface area contributed by atoms with E-state index in [4.69, 9.17) is 9.15 Å². The lowest BCUT2D eigenvalue weighted by molar-refractivity contribution is -0.121. The van der Waals surface area contributed by atoms with Crippen molar-refractivity contribution >= 4 is 5.91 Å². The first-order chi connectivity index (χ1) is 10.7. The van der Waals surface area contributed by atoms with Crippen LogP contribution in [0.4, 0.5) is 0 Å². The van der Waals surface area contributed by atoms with Crippen molar-refractivity contribution < 1.29 is 19.1 Å². The van der Waals surface area contributed by atoms with Crippen LogP contribution in [0.1, 0.15) is 12.3 Å². The maximum Gasteiger partial charge on any atom is 0.220 e. The molecule has 0 saturated carbocycles. The van der Waals surface area contributed by atoms with Gasteiger partial charge in [-0.25, -0.2) is 4.98 Å². The number of benzene rings is 1. The van der Waals surface area contributed by atoms with E-state index in [1.54, 1.807) is 6.20 Å².